The quantitative estimate of drug-likeness (QED) is 0.287. The monoisotopic (exact) mass is 537 g/mol. The molecule has 1 heterocycles. The average molecular weight is 538 g/mol. The number of nitrogens with two attached hydrogens (primary N) is 1. The number of ether oxygens (including phenoxy) is 1. The van der Waals surface area contributed by atoms with Gasteiger partial charge in [-0.05, 0) is 81.3 Å². The summed E-state index contributed by atoms with van der Waals surface area (Å²) in [5.74, 6) is -2.95. The van der Waals surface area contributed by atoms with E-state index in [1.54, 1.807) is 12.1 Å². The molecule has 1 saturated carbocycles. The van der Waals surface area contributed by atoms with Crippen molar-refractivity contribution in [1.29, 1.82) is 0 Å². The Morgan fingerprint density at radius 1 is 1.05 bits per heavy atom. The Morgan fingerprint density at radius 2 is 1.72 bits per heavy atom. The molecule has 3 N–H and O–H groups in total. The lowest BCUT2D eigenvalue weighted by Crippen LogP contribution is -2.51. The van der Waals surface area contributed by atoms with Crippen molar-refractivity contribution in [2.75, 3.05) is 12.3 Å². The van der Waals surface area contributed by atoms with Crippen LogP contribution >= 0.6 is 0 Å². The Hall–Kier alpha value is -3.85. The fourth-order valence-corrected chi connectivity index (χ4v) is 4.75. The number of nitrogens with zero attached hydrogens (tertiary/aromatic N) is 1. The highest BCUT2D eigenvalue weighted by atomic mass is 19.1. The minimum atomic E-state index is -1.01. The van der Waals surface area contributed by atoms with Gasteiger partial charge in [0, 0.05) is 18.7 Å². The van der Waals surface area contributed by atoms with Crippen LogP contribution in [0.1, 0.15) is 67.4 Å². The zero-order valence-electron chi connectivity index (χ0n) is 22.1. The summed E-state index contributed by atoms with van der Waals surface area (Å²) in [5.41, 5.74) is 5.93. The van der Waals surface area contributed by atoms with Crippen LogP contribution in [-0.2, 0) is 16.0 Å². The molecule has 2 aromatic carbocycles. The standard InChI is InChI=1S/C30H33F2N3O4/c1-3-30(2,29(38)39-22-6-4-5-7-22)34-17-16-19-8-11-21(12-9-19)35-26(36)15-14-24(28(35)33)27(37)23-13-10-20(31)18-25(23)32/h8-15,18,22,34H,3-7,16-17,33H2,1-2H3/t30-/m0/s1. The lowest BCUT2D eigenvalue weighted by molar-refractivity contribution is -0.156. The highest BCUT2D eigenvalue weighted by Gasteiger charge is 2.34. The average Bonchev–Trinajstić information content (AvgIpc) is 3.42. The zero-order chi connectivity index (χ0) is 28.2. The number of carbonyl (C=O) groups excluding carboxylic acids is 2. The summed E-state index contributed by atoms with van der Waals surface area (Å²) >= 11 is 0. The van der Waals surface area contributed by atoms with Gasteiger partial charge in [0.05, 0.1) is 16.8 Å². The number of aromatic nitrogens is 1. The van der Waals surface area contributed by atoms with E-state index in [-0.39, 0.29) is 29.0 Å². The number of anilines is 1. The summed E-state index contributed by atoms with van der Waals surface area (Å²) in [6, 6.07) is 12.1. The Bertz CT molecular complexity index is 1410. The Kier molecular flexibility index (Phi) is 8.60. The fourth-order valence-electron chi connectivity index (χ4n) is 4.75. The Balaban J connectivity index is 1.46. The van der Waals surface area contributed by atoms with Crippen LogP contribution in [0.25, 0.3) is 5.69 Å². The first-order chi connectivity index (χ1) is 18.6. The summed E-state index contributed by atoms with van der Waals surface area (Å²) in [7, 11) is 0. The number of ketones is 1. The predicted octanol–water partition coefficient (Wildman–Crippen LogP) is 4.72. The van der Waals surface area contributed by atoms with Crippen LogP contribution in [0, 0.1) is 11.6 Å². The summed E-state index contributed by atoms with van der Waals surface area (Å²) in [6.45, 7) is 4.34. The van der Waals surface area contributed by atoms with Crippen LogP contribution in [-0.4, -0.2) is 34.5 Å². The second-order valence-electron chi connectivity index (χ2n) is 10.1. The molecule has 0 saturated heterocycles. The number of pyridine rings is 1. The van der Waals surface area contributed by atoms with Crippen LogP contribution in [0.4, 0.5) is 14.6 Å². The highest BCUT2D eigenvalue weighted by Crippen LogP contribution is 2.24. The predicted molar refractivity (Wildman–Crippen MR) is 145 cm³/mol. The molecular weight excluding hydrogens is 504 g/mol. The van der Waals surface area contributed by atoms with Crippen LogP contribution in [0.15, 0.2) is 59.4 Å². The number of nitrogen functional groups attached to an aromatic ring is 1. The van der Waals surface area contributed by atoms with Gasteiger partial charge in [-0.2, -0.15) is 0 Å². The van der Waals surface area contributed by atoms with Crippen LogP contribution < -0.4 is 16.6 Å². The van der Waals surface area contributed by atoms with Crippen molar-refractivity contribution in [3.05, 3.63) is 93.3 Å². The maximum atomic E-state index is 14.2. The second-order valence-corrected chi connectivity index (χ2v) is 10.1. The van der Waals surface area contributed by atoms with E-state index in [0.29, 0.717) is 31.1 Å². The lowest BCUT2D eigenvalue weighted by Gasteiger charge is -2.29. The van der Waals surface area contributed by atoms with Gasteiger partial charge in [0.1, 0.15) is 29.1 Å². The number of esters is 1. The summed E-state index contributed by atoms with van der Waals surface area (Å²) < 4.78 is 34.4. The smallest absolute Gasteiger partial charge is 0.326 e. The number of hydrogen-bond donors (Lipinski definition) is 2. The van der Waals surface area contributed by atoms with Gasteiger partial charge >= 0.3 is 5.97 Å². The zero-order valence-corrected chi connectivity index (χ0v) is 22.1. The molecular formula is C30H33F2N3O4. The summed E-state index contributed by atoms with van der Waals surface area (Å²) in [6.07, 6.45) is 5.26. The molecule has 0 unspecified atom stereocenters. The number of benzene rings is 2. The molecule has 1 aromatic heterocycles. The van der Waals surface area contributed by atoms with Gasteiger partial charge in [-0.3, -0.25) is 19.0 Å². The van der Waals surface area contributed by atoms with Crippen molar-refractivity contribution in [3.63, 3.8) is 0 Å². The molecule has 0 bridgehead atoms. The lowest BCUT2D eigenvalue weighted by atomic mass is 9.98. The van der Waals surface area contributed by atoms with Crippen molar-refractivity contribution in [2.24, 2.45) is 0 Å². The molecule has 1 fully saturated rings. The molecule has 4 rings (SSSR count). The van der Waals surface area contributed by atoms with Gasteiger partial charge in [-0.1, -0.05) is 19.1 Å². The molecule has 39 heavy (non-hydrogen) atoms. The first kappa shape index (κ1) is 28.2. The third-order valence-electron chi connectivity index (χ3n) is 7.41. The van der Waals surface area contributed by atoms with Crippen molar-refractivity contribution in [3.8, 4) is 5.69 Å². The molecule has 206 valence electrons. The van der Waals surface area contributed by atoms with Gasteiger partial charge in [0.15, 0.2) is 5.78 Å². The Morgan fingerprint density at radius 3 is 2.36 bits per heavy atom. The third kappa shape index (κ3) is 6.25. The second kappa shape index (κ2) is 11.9. The van der Waals surface area contributed by atoms with E-state index in [1.165, 1.54) is 16.7 Å². The number of nitrogens with one attached hydrogen (secondary N) is 1. The van der Waals surface area contributed by atoms with Crippen LogP contribution in [0.2, 0.25) is 0 Å². The van der Waals surface area contributed by atoms with E-state index in [9.17, 15) is 23.2 Å². The van der Waals surface area contributed by atoms with Crippen molar-refractivity contribution >= 4 is 17.6 Å². The fraction of sp³-hybridized carbons (Fsp3) is 0.367. The van der Waals surface area contributed by atoms with E-state index in [1.807, 2.05) is 26.0 Å². The largest absolute Gasteiger partial charge is 0.461 e. The minimum absolute atomic E-state index is 0.0112. The number of carbonyl (C=O) groups is 2. The van der Waals surface area contributed by atoms with Crippen molar-refractivity contribution < 1.29 is 23.1 Å². The summed E-state index contributed by atoms with van der Waals surface area (Å²) in [4.78, 5) is 38.3. The molecule has 1 aliphatic carbocycles. The van der Waals surface area contributed by atoms with Gasteiger partial charge in [0.25, 0.3) is 5.56 Å². The topological polar surface area (TPSA) is 103 Å². The van der Waals surface area contributed by atoms with E-state index < -0.39 is 28.5 Å². The van der Waals surface area contributed by atoms with Crippen molar-refractivity contribution in [1.82, 2.24) is 9.88 Å². The maximum absolute atomic E-state index is 14.2. The third-order valence-corrected chi connectivity index (χ3v) is 7.41. The number of hydrogen-bond acceptors (Lipinski definition) is 6. The van der Waals surface area contributed by atoms with Gasteiger partial charge in [-0.25, -0.2) is 8.78 Å². The Labute approximate surface area is 226 Å². The minimum Gasteiger partial charge on any atom is -0.461 e. The van der Waals surface area contributed by atoms with Crippen LogP contribution in [0.3, 0.4) is 0 Å². The van der Waals surface area contributed by atoms with E-state index in [0.717, 1.165) is 43.4 Å². The molecule has 1 aliphatic rings. The molecule has 3 aromatic rings. The SMILES string of the molecule is CC[C@](C)(NCCc1ccc(-n2c(N)c(C(=O)c3ccc(F)cc3F)ccc2=O)cc1)C(=O)OC1CCCC1. The molecule has 7 nitrogen and oxygen atoms in total. The van der Waals surface area contributed by atoms with Crippen molar-refractivity contribution in [2.45, 2.75) is 64.0 Å². The summed E-state index contributed by atoms with van der Waals surface area (Å²) in [5, 5.41) is 3.33. The van der Waals surface area contributed by atoms with Gasteiger partial charge in [-0.15, -0.1) is 0 Å². The van der Waals surface area contributed by atoms with Gasteiger partial charge < -0.3 is 15.8 Å². The number of halogens is 2. The molecule has 0 amide bonds. The highest BCUT2D eigenvalue weighted by molar-refractivity contribution is 6.11. The maximum Gasteiger partial charge on any atom is 0.326 e. The molecule has 0 aliphatic heterocycles. The molecule has 0 radical (unpaired) electrons. The normalized spacial score (nSPS) is 15.2. The van der Waals surface area contributed by atoms with E-state index in [2.05, 4.69) is 5.32 Å². The molecule has 9 heteroatoms. The first-order valence-corrected chi connectivity index (χ1v) is 13.2. The van der Waals surface area contributed by atoms with E-state index >= 15 is 0 Å². The van der Waals surface area contributed by atoms with E-state index in [4.69, 9.17) is 10.5 Å². The first-order valence-electron chi connectivity index (χ1n) is 13.2. The van der Waals surface area contributed by atoms with Gasteiger partial charge in [0.2, 0.25) is 0 Å². The molecule has 1 atom stereocenters. The van der Waals surface area contributed by atoms with Crippen LogP contribution in [0.5, 0.6) is 0 Å². The number of rotatable bonds is 10. The molecule has 0 spiro atoms.